The molecule has 0 saturated heterocycles. The molecule has 0 bridgehead atoms. The lowest BCUT2D eigenvalue weighted by atomic mass is 10.1. The Bertz CT molecular complexity index is 789. The first-order chi connectivity index (χ1) is 10.1. The van der Waals surface area contributed by atoms with Crippen LogP contribution in [0.5, 0.6) is 0 Å². The fourth-order valence-electron chi connectivity index (χ4n) is 2.57. The molecule has 0 aliphatic heterocycles. The van der Waals surface area contributed by atoms with Gasteiger partial charge in [0.25, 0.3) is 0 Å². The highest BCUT2D eigenvalue weighted by Gasteiger charge is 2.13. The van der Waals surface area contributed by atoms with Crippen LogP contribution in [0.3, 0.4) is 0 Å². The van der Waals surface area contributed by atoms with E-state index in [1.54, 1.807) is 0 Å². The van der Waals surface area contributed by atoms with Crippen LogP contribution in [0.2, 0.25) is 0 Å². The van der Waals surface area contributed by atoms with Crippen molar-refractivity contribution in [1.82, 2.24) is 19.4 Å². The Hall–Kier alpha value is -2.23. The maximum atomic E-state index is 4.69. The molecule has 0 fully saturated rings. The molecule has 0 saturated carbocycles. The Labute approximate surface area is 124 Å². The Morgan fingerprint density at radius 2 is 2.00 bits per heavy atom. The van der Waals surface area contributed by atoms with E-state index in [1.807, 2.05) is 32.4 Å². The van der Waals surface area contributed by atoms with Gasteiger partial charge in [-0.2, -0.15) is 0 Å². The third-order valence-electron chi connectivity index (χ3n) is 3.98. The van der Waals surface area contributed by atoms with Gasteiger partial charge in [-0.1, -0.05) is 13.8 Å². The number of pyridine rings is 1. The monoisotopic (exact) mass is 280 g/mol. The van der Waals surface area contributed by atoms with E-state index in [2.05, 4.69) is 45.5 Å². The van der Waals surface area contributed by atoms with Crippen molar-refractivity contribution in [2.45, 2.75) is 40.0 Å². The molecular formula is C17H20N4. The number of rotatable bonds is 3. The average Bonchev–Trinajstić information content (AvgIpc) is 2.91. The molecule has 21 heavy (non-hydrogen) atoms. The molecule has 3 aromatic rings. The molecule has 0 aromatic carbocycles. The summed E-state index contributed by atoms with van der Waals surface area (Å²) in [5, 5.41) is 0. The van der Waals surface area contributed by atoms with Crippen LogP contribution in [0, 0.1) is 13.8 Å². The lowest BCUT2D eigenvalue weighted by molar-refractivity contribution is 0.699. The Morgan fingerprint density at radius 3 is 2.71 bits per heavy atom. The van der Waals surface area contributed by atoms with Crippen molar-refractivity contribution in [3.05, 3.63) is 47.8 Å². The first kappa shape index (κ1) is 13.7. The summed E-state index contributed by atoms with van der Waals surface area (Å²) in [6.45, 7) is 8.48. The van der Waals surface area contributed by atoms with Gasteiger partial charge in [0.15, 0.2) is 5.65 Å². The second kappa shape index (κ2) is 5.28. The van der Waals surface area contributed by atoms with Crippen molar-refractivity contribution in [2.75, 3.05) is 0 Å². The summed E-state index contributed by atoms with van der Waals surface area (Å²) >= 11 is 0. The summed E-state index contributed by atoms with van der Waals surface area (Å²) in [4.78, 5) is 13.5. The summed E-state index contributed by atoms with van der Waals surface area (Å²) < 4.78 is 2.17. The second-order valence-corrected chi connectivity index (χ2v) is 5.65. The van der Waals surface area contributed by atoms with Crippen molar-refractivity contribution in [2.24, 2.45) is 0 Å². The number of imidazole rings is 1. The normalized spacial score (nSPS) is 12.8. The number of hydrogen-bond donors (Lipinski definition) is 0. The summed E-state index contributed by atoms with van der Waals surface area (Å²) in [5.41, 5.74) is 6.25. The van der Waals surface area contributed by atoms with Gasteiger partial charge in [-0.15, -0.1) is 0 Å². The van der Waals surface area contributed by atoms with Gasteiger partial charge in [0.05, 0.1) is 11.4 Å². The third-order valence-corrected chi connectivity index (χ3v) is 3.98. The first-order valence-electron chi connectivity index (χ1n) is 7.36. The minimum absolute atomic E-state index is 0.477. The zero-order valence-electron chi connectivity index (χ0n) is 13.0. The van der Waals surface area contributed by atoms with Crippen LogP contribution in [0.4, 0.5) is 0 Å². The molecular weight excluding hydrogens is 260 g/mol. The van der Waals surface area contributed by atoms with Crippen molar-refractivity contribution in [1.29, 1.82) is 0 Å². The van der Waals surface area contributed by atoms with Crippen LogP contribution in [0.1, 0.15) is 43.1 Å². The van der Waals surface area contributed by atoms with Crippen LogP contribution < -0.4 is 0 Å². The highest BCUT2D eigenvalue weighted by Crippen LogP contribution is 2.24. The van der Waals surface area contributed by atoms with E-state index < -0.39 is 0 Å². The van der Waals surface area contributed by atoms with Crippen LogP contribution >= 0.6 is 0 Å². The molecule has 0 N–H and O–H groups in total. The molecule has 3 aromatic heterocycles. The number of aryl methyl sites for hydroxylation is 2. The standard InChI is InChI=1S/C17H20N4/c1-5-12(3)16-9-19-17-13(4)20-15(10-21(16)17)14-6-11(2)7-18-8-14/h6-10,12H,5H2,1-4H3. The lowest BCUT2D eigenvalue weighted by Crippen LogP contribution is -2.01. The molecule has 0 aliphatic rings. The Morgan fingerprint density at radius 1 is 1.19 bits per heavy atom. The van der Waals surface area contributed by atoms with E-state index in [4.69, 9.17) is 0 Å². The fourth-order valence-corrected chi connectivity index (χ4v) is 2.57. The zero-order valence-corrected chi connectivity index (χ0v) is 13.0. The lowest BCUT2D eigenvalue weighted by Gasteiger charge is -2.10. The average molecular weight is 280 g/mol. The van der Waals surface area contributed by atoms with Gasteiger partial charge in [0.1, 0.15) is 0 Å². The molecule has 1 atom stereocenters. The second-order valence-electron chi connectivity index (χ2n) is 5.65. The largest absolute Gasteiger partial charge is 0.300 e. The molecule has 3 heterocycles. The van der Waals surface area contributed by atoms with Gasteiger partial charge in [0, 0.05) is 36.0 Å². The van der Waals surface area contributed by atoms with Crippen LogP contribution in [0.25, 0.3) is 16.9 Å². The SMILES string of the molecule is CCC(C)c1cnc2c(C)nc(-c3cncc(C)c3)cn12. The summed E-state index contributed by atoms with van der Waals surface area (Å²) in [5.74, 6) is 0.477. The van der Waals surface area contributed by atoms with Crippen molar-refractivity contribution >= 4 is 5.65 Å². The molecule has 3 rings (SSSR count). The topological polar surface area (TPSA) is 43.1 Å². The van der Waals surface area contributed by atoms with E-state index in [0.717, 1.165) is 34.6 Å². The smallest absolute Gasteiger partial charge is 0.158 e. The first-order valence-corrected chi connectivity index (χ1v) is 7.36. The van der Waals surface area contributed by atoms with Crippen LogP contribution in [0.15, 0.2) is 30.9 Å². The minimum Gasteiger partial charge on any atom is -0.300 e. The molecule has 108 valence electrons. The van der Waals surface area contributed by atoms with E-state index in [9.17, 15) is 0 Å². The quantitative estimate of drug-likeness (QED) is 0.730. The Kier molecular flexibility index (Phi) is 3.45. The van der Waals surface area contributed by atoms with E-state index >= 15 is 0 Å². The predicted molar refractivity (Wildman–Crippen MR) is 84.4 cm³/mol. The summed E-state index contributed by atoms with van der Waals surface area (Å²) in [6.07, 6.45) is 8.86. The summed E-state index contributed by atoms with van der Waals surface area (Å²) in [7, 11) is 0. The molecule has 4 heteroatoms. The van der Waals surface area contributed by atoms with Gasteiger partial charge in [-0.25, -0.2) is 9.97 Å². The number of aromatic nitrogens is 4. The van der Waals surface area contributed by atoms with Gasteiger partial charge >= 0.3 is 0 Å². The minimum atomic E-state index is 0.477. The predicted octanol–water partition coefficient (Wildman–Crippen LogP) is 3.92. The van der Waals surface area contributed by atoms with Gasteiger partial charge in [-0.3, -0.25) is 4.98 Å². The maximum Gasteiger partial charge on any atom is 0.158 e. The third kappa shape index (κ3) is 2.42. The van der Waals surface area contributed by atoms with Gasteiger partial charge < -0.3 is 4.40 Å². The van der Waals surface area contributed by atoms with Crippen molar-refractivity contribution < 1.29 is 0 Å². The number of hydrogen-bond acceptors (Lipinski definition) is 3. The van der Waals surface area contributed by atoms with Gasteiger partial charge in [-0.05, 0) is 37.8 Å². The molecule has 0 amide bonds. The molecule has 0 radical (unpaired) electrons. The van der Waals surface area contributed by atoms with E-state index in [0.29, 0.717) is 5.92 Å². The van der Waals surface area contributed by atoms with Crippen molar-refractivity contribution in [3.63, 3.8) is 0 Å². The zero-order chi connectivity index (χ0) is 15.0. The van der Waals surface area contributed by atoms with E-state index in [-0.39, 0.29) is 0 Å². The van der Waals surface area contributed by atoms with Crippen molar-refractivity contribution in [3.8, 4) is 11.3 Å². The van der Waals surface area contributed by atoms with Gasteiger partial charge in [0.2, 0.25) is 0 Å². The van der Waals surface area contributed by atoms with Crippen LogP contribution in [-0.4, -0.2) is 19.4 Å². The fraction of sp³-hybridized carbons (Fsp3) is 0.353. The summed E-state index contributed by atoms with van der Waals surface area (Å²) in [6, 6.07) is 2.11. The highest BCUT2D eigenvalue weighted by atomic mass is 15.0. The van der Waals surface area contributed by atoms with Crippen LogP contribution in [-0.2, 0) is 0 Å². The maximum absolute atomic E-state index is 4.69. The molecule has 0 aliphatic carbocycles. The molecule has 4 nitrogen and oxygen atoms in total. The number of nitrogens with zero attached hydrogens (tertiary/aromatic N) is 4. The molecule has 1 unspecified atom stereocenters. The highest BCUT2D eigenvalue weighted by molar-refractivity contribution is 5.61. The van der Waals surface area contributed by atoms with E-state index in [1.165, 1.54) is 5.69 Å². The Balaban J connectivity index is 2.21. The number of fused-ring (bicyclic) bond motifs is 1. The molecule has 0 spiro atoms.